The van der Waals surface area contributed by atoms with Gasteiger partial charge in [-0.15, -0.1) is 0 Å². The van der Waals surface area contributed by atoms with Gasteiger partial charge in [0.25, 0.3) is 0 Å². The fourth-order valence-corrected chi connectivity index (χ4v) is 7.95. The largest absolute Gasteiger partial charge is 0.416 e. The number of hydrogen-bond donors (Lipinski definition) is 2. The Balaban J connectivity index is 1.23. The lowest BCUT2D eigenvalue weighted by Crippen LogP contribution is -2.48. The molecule has 248 valence electrons. The van der Waals surface area contributed by atoms with Crippen molar-refractivity contribution in [2.24, 2.45) is 0 Å². The Hall–Kier alpha value is -2.68. The van der Waals surface area contributed by atoms with Crippen molar-refractivity contribution in [2.45, 2.75) is 93.3 Å². The van der Waals surface area contributed by atoms with Crippen LogP contribution in [-0.4, -0.2) is 68.6 Å². The van der Waals surface area contributed by atoms with E-state index in [1.165, 1.54) is 24.0 Å². The summed E-state index contributed by atoms with van der Waals surface area (Å²) in [5.74, 6) is -1.02. The van der Waals surface area contributed by atoms with Gasteiger partial charge in [0.2, 0.25) is 15.9 Å². The van der Waals surface area contributed by atoms with Crippen LogP contribution < -0.4 is 10.0 Å². The fraction of sp³-hybridized carbons (Fsp3) is 0.581. The van der Waals surface area contributed by atoms with Gasteiger partial charge in [0.15, 0.2) is 0 Å². The number of rotatable bonds is 10. The maximum Gasteiger partial charge on any atom is 0.416 e. The highest BCUT2D eigenvalue weighted by Gasteiger charge is 2.44. The minimum Gasteiger partial charge on any atom is -0.349 e. The van der Waals surface area contributed by atoms with Gasteiger partial charge in [0.1, 0.15) is 6.04 Å². The van der Waals surface area contributed by atoms with Crippen LogP contribution in [-0.2, 0) is 34.0 Å². The van der Waals surface area contributed by atoms with Crippen molar-refractivity contribution in [3.8, 4) is 0 Å². The van der Waals surface area contributed by atoms with Crippen LogP contribution in [0.5, 0.6) is 0 Å². The lowest BCUT2D eigenvalue weighted by atomic mass is 9.86. The highest BCUT2D eigenvalue weighted by atomic mass is 32.2. The van der Waals surface area contributed by atoms with Crippen molar-refractivity contribution in [3.63, 3.8) is 0 Å². The summed E-state index contributed by atoms with van der Waals surface area (Å²) in [6.07, 6.45) is -4.50. The lowest BCUT2D eigenvalue weighted by molar-refractivity contribution is -0.158. The quantitative estimate of drug-likeness (QED) is 0.327. The number of nitrogens with one attached hydrogen (secondary N) is 2. The van der Waals surface area contributed by atoms with Gasteiger partial charge in [-0.3, -0.25) is 9.69 Å². The highest BCUT2D eigenvalue weighted by molar-refractivity contribution is 7.89. The molecular weight excluding hydrogens is 622 g/mol. The number of nitrogens with zero attached hydrogens (tertiary/aromatic N) is 2. The normalized spacial score (nSPS) is 22.4. The predicted octanol–water partition coefficient (Wildman–Crippen LogP) is 5.56. The van der Waals surface area contributed by atoms with Crippen LogP contribution in [0.15, 0.2) is 47.4 Å². The molecule has 3 aliphatic rings. The third-order valence-corrected chi connectivity index (χ3v) is 10.4. The third-order valence-electron chi connectivity index (χ3n) is 8.96. The van der Waals surface area contributed by atoms with Crippen molar-refractivity contribution in [1.82, 2.24) is 19.8 Å². The average Bonchev–Trinajstić information content (AvgIpc) is 3.64. The maximum absolute atomic E-state index is 13.9. The summed E-state index contributed by atoms with van der Waals surface area (Å²) < 4.78 is 107. The Morgan fingerprint density at radius 2 is 1.69 bits per heavy atom. The van der Waals surface area contributed by atoms with Gasteiger partial charge >= 0.3 is 12.4 Å². The van der Waals surface area contributed by atoms with Crippen LogP contribution in [0.4, 0.5) is 26.3 Å². The van der Waals surface area contributed by atoms with Crippen LogP contribution in [0.1, 0.15) is 73.2 Å². The molecule has 2 heterocycles. The molecule has 2 saturated heterocycles. The Morgan fingerprint density at radius 1 is 0.933 bits per heavy atom. The molecule has 5 rings (SSSR count). The van der Waals surface area contributed by atoms with Crippen LogP contribution in [0.2, 0.25) is 0 Å². The molecule has 2 aliphatic heterocycles. The number of benzene rings is 2. The maximum atomic E-state index is 13.9. The molecule has 3 atom stereocenters. The zero-order valence-corrected chi connectivity index (χ0v) is 25.6. The molecular formula is C31H38F6N4O3S. The molecule has 14 heteroatoms. The van der Waals surface area contributed by atoms with Crippen molar-refractivity contribution in [1.29, 1.82) is 0 Å². The average molecular weight is 661 g/mol. The molecule has 2 fully saturated rings. The summed E-state index contributed by atoms with van der Waals surface area (Å²) in [6.45, 7) is 5.23. The molecule has 0 radical (unpaired) electrons. The number of aryl methyl sites for hydroxylation is 1. The summed E-state index contributed by atoms with van der Waals surface area (Å²) in [5, 5.41) is 2.63. The molecule has 7 nitrogen and oxygen atoms in total. The van der Waals surface area contributed by atoms with E-state index in [1.807, 2.05) is 12.1 Å². The number of hydrogen-bond acceptors (Lipinski definition) is 5. The number of likely N-dealkylation sites (tertiary alicyclic amines) is 2. The van der Waals surface area contributed by atoms with Crippen molar-refractivity contribution >= 4 is 15.9 Å². The molecule has 0 aromatic heterocycles. The second-order valence-electron chi connectivity index (χ2n) is 12.3. The molecule has 2 N–H and O–H groups in total. The molecule has 0 unspecified atom stereocenters. The van der Waals surface area contributed by atoms with Gasteiger partial charge in [-0.05, 0) is 99.5 Å². The number of fused-ring (bicyclic) bond motifs is 1. The van der Waals surface area contributed by atoms with E-state index in [4.69, 9.17) is 0 Å². The van der Waals surface area contributed by atoms with Crippen molar-refractivity contribution < 1.29 is 39.6 Å². The molecule has 45 heavy (non-hydrogen) atoms. The number of carbonyl (C=O) groups excluding carboxylic acids is 1. The Bertz CT molecular complexity index is 1460. The second kappa shape index (κ2) is 13.6. The predicted molar refractivity (Wildman–Crippen MR) is 156 cm³/mol. The Morgan fingerprint density at radius 3 is 2.40 bits per heavy atom. The van der Waals surface area contributed by atoms with E-state index < -0.39 is 57.2 Å². The van der Waals surface area contributed by atoms with Gasteiger partial charge in [-0.25, -0.2) is 8.42 Å². The molecule has 0 spiro atoms. The monoisotopic (exact) mass is 660 g/mol. The summed E-state index contributed by atoms with van der Waals surface area (Å²) in [6, 6.07) is 5.56. The van der Waals surface area contributed by atoms with E-state index in [-0.39, 0.29) is 6.07 Å². The minimum absolute atomic E-state index is 0.250. The van der Waals surface area contributed by atoms with E-state index in [0.717, 1.165) is 74.4 Å². The first-order chi connectivity index (χ1) is 21.2. The smallest absolute Gasteiger partial charge is 0.349 e. The van der Waals surface area contributed by atoms with Gasteiger partial charge in [-0.1, -0.05) is 24.3 Å². The molecule has 2 aromatic rings. The van der Waals surface area contributed by atoms with Gasteiger partial charge < -0.3 is 10.2 Å². The number of alkyl halides is 6. The minimum atomic E-state index is -5.17. The summed E-state index contributed by atoms with van der Waals surface area (Å²) in [4.78, 5) is 16.9. The molecule has 0 saturated carbocycles. The van der Waals surface area contributed by atoms with E-state index in [2.05, 4.69) is 21.2 Å². The van der Waals surface area contributed by atoms with E-state index in [9.17, 15) is 39.6 Å². The summed E-state index contributed by atoms with van der Waals surface area (Å²) in [5.41, 5.74) is 1.67. The topological polar surface area (TPSA) is 81.7 Å². The Labute approximate surface area is 259 Å². The second-order valence-corrected chi connectivity index (χ2v) is 14.0. The third kappa shape index (κ3) is 8.57. The van der Waals surface area contributed by atoms with E-state index in [0.29, 0.717) is 24.9 Å². The van der Waals surface area contributed by atoms with Gasteiger partial charge in [-0.2, -0.15) is 31.1 Å². The molecule has 1 aliphatic carbocycles. The van der Waals surface area contributed by atoms with Crippen molar-refractivity contribution in [3.05, 3.63) is 64.7 Å². The highest BCUT2D eigenvalue weighted by Crippen LogP contribution is 2.33. The first-order valence-electron chi connectivity index (χ1n) is 15.3. The number of halogens is 6. The van der Waals surface area contributed by atoms with Crippen LogP contribution in [0, 0.1) is 0 Å². The van der Waals surface area contributed by atoms with Crippen molar-refractivity contribution in [2.75, 3.05) is 26.2 Å². The van der Waals surface area contributed by atoms with Gasteiger partial charge in [0.05, 0.1) is 22.9 Å². The van der Waals surface area contributed by atoms with Crippen LogP contribution >= 0.6 is 0 Å². The lowest BCUT2D eigenvalue weighted by Gasteiger charge is -2.30. The fourth-order valence-electron chi connectivity index (χ4n) is 6.68. The summed E-state index contributed by atoms with van der Waals surface area (Å²) in [7, 11) is -5.04. The zero-order chi connectivity index (χ0) is 32.4. The summed E-state index contributed by atoms with van der Waals surface area (Å²) >= 11 is 0. The molecule has 0 bridgehead atoms. The first-order valence-corrected chi connectivity index (χ1v) is 16.8. The first kappa shape index (κ1) is 33.7. The van der Waals surface area contributed by atoms with Gasteiger partial charge in [0, 0.05) is 19.1 Å². The Kier molecular flexibility index (Phi) is 10.2. The standard InChI is InChI=1S/C31H38F6N4O3S/c32-30(33,34)23-7-4-9-25(17-23)45(43,44)39-28(31(35,36)37)18-29(42)38-27-10-3-6-22-16-21(11-12-26(22)27)19-41-15-5-8-24(41)20-40-13-1-2-14-40/h4,7,9,11-12,16-17,24,27-28,39H,1-3,5-6,8,10,13-15,18-20H2,(H,38,42)/t24-,27+,28+/m0/s1. The zero-order valence-electron chi connectivity index (χ0n) is 24.8. The van der Waals surface area contributed by atoms with Crippen LogP contribution in [0.25, 0.3) is 0 Å². The number of sulfonamides is 1. The number of amides is 1. The molecule has 1 amide bonds. The van der Waals surface area contributed by atoms with E-state index >= 15 is 0 Å². The molecule has 2 aromatic carbocycles. The van der Waals surface area contributed by atoms with E-state index in [1.54, 1.807) is 0 Å². The number of carbonyl (C=O) groups is 1. The SMILES string of the molecule is O=C(C[C@@H](NS(=O)(=O)c1cccc(C(F)(F)F)c1)C(F)(F)F)N[C@@H]1CCCc2cc(CN3CCC[C@H]3CN3CCCC3)ccc21. The van der Waals surface area contributed by atoms with Crippen LogP contribution in [0.3, 0.4) is 0 Å².